The molecule has 0 N–H and O–H groups in total. The van der Waals surface area contributed by atoms with Crippen LogP contribution in [0.3, 0.4) is 0 Å². The second-order valence-corrected chi connectivity index (χ2v) is 8.88. The van der Waals surface area contributed by atoms with E-state index in [-0.39, 0.29) is 0 Å². The van der Waals surface area contributed by atoms with Crippen molar-refractivity contribution in [2.24, 2.45) is 0 Å². The molecular formula is C32H36N2O2. The molecule has 4 nitrogen and oxygen atoms in total. The van der Waals surface area contributed by atoms with Crippen LogP contribution in [0, 0.1) is 23.7 Å². The van der Waals surface area contributed by atoms with Crippen LogP contribution in [0.5, 0.6) is 11.5 Å². The smallest absolute Gasteiger partial charge is 0.119 e. The van der Waals surface area contributed by atoms with Gasteiger partial charge in [0.05, 0.1) is 6.61 Å². The molecule has 0 aromatic heterocycles. The van der Waals surface area contributed by atoms with Crippen LogP contribution in [0.25, 0.3) is 0 Å². The van der Waals surface area contributed by atoms with Crippen molar-refractivity contribution in [3.05, 3.63) is 95.1 Å². The normalized spacial score (nSPS) is 10.4. The molecule has 0 bridgehead atoms. The summed E-state index contributed by atoms with van der Waals surface area (Å²) in [6.45, 7) is 6.49. The van der Waals surface area contributed by atoms with Crippen molar-refractivity contribution < 1.29 is 9.47 Å². The van der Waals surface area contributed by atoms with Gasteiger partial charge >= 0.3 is 0 Å². The molecule has 186 valence electrons. The van der Waals surface area contributed by atoms with E-state index < -0.39 is 0 Å². The average Bonchev–Trinajstić information content (AvgIpc) is 2.90. The average molecular weight is 481 g/mol. The van der Waals surface area contributed by atoms with Crippen LogP contribution in [0.15, 0.2) is 72.8 Å². The van der Waals surface area contributed by atoms with Gasteiger partial charge in [-0.1, -0.05) is 30.6 Å². The highest BCUT2D eigenvalue weighted by Crippen LogP contribution is 2.13. The van der Waals surface area contributed by atoms with Gasteiger partial charge in [-0.05, 0) is 107 Å². The van der Waals surface area contributed by atoms with E-state index in [2.05, 4.69) is 61.5 Å². The van der Waals surface area contributed by atoms with Gasteiger partial charge in [0.25, 0.3) is 0 Å². The Morgan fingerprint density at radius 2 is 0.944 bits per heavy atom. The fourth-order valence-corrected chi connectivity index (χ4v) is 3.24. The van der Waals surface area contributed by atoms with Crippen molar-refractivity contribution in [3.63, 3.8) is 0 Å². The molecular weight excluding hydrogens is 444 g/mol. The summed E-state index contributed by atoms with van der Waals surface area (Å²) in [7, 11) is 6.23. The predicted octanol–water partition coefficient (Wildman–Crippen LogP) is 5.15. The van der Waals surface area contributed by atoms with Crippen LogP contribution in [0.1, 0.15) is 35.6 Å². The molecule has 0 aliphatic heterocycles. The Balaban J connectivity index is 1.49. The molecule has 0 amide bonds. The lowest BCUT2D eigenvalue weighted by atomic mass is 10.1. The van der Waals surface area contributed by atoms with Crippen LogP contribution < -0.4 is 9.47 Å². The second kappa shape index (κ2) is 14.6. The third-order valence-corrected chi connectivity index (χ3v) is 5.60. The van der Waals surface area contributed by atoms with Gasteiger partial charge in [0.1, 0.15) is 18.1 Å². The topological polar surface area (TPSA) is 24.9 Å². The Kier molecular flexibility index (Phi) is 10.9. The highest BCUT2D eigenvalue weighted by Gasteiger charge is 1.98. The standard InChI is InChI=1S/C32H36N2O2/c1-5-34(4)24-26-36-32-21-17-30(18-22-32)14-12-28-9-7-27(8-10-28)11-13-29-15-19-31(20-16-29)35-25-6-23-33(2)3/h7-10,15-22H,5-6,23-26H2,1-4H3. The van der Waals surface area contributed by atoms with Gasteiger partial charge < -0.3 is 19.3 Å². The molecule has 0 fully saturated rings. The number of benzene rings is 3. The molecule has 3 aromatic carbocycles. The second-order valence-electron chi connectivity index (χ2n) is 8.88. The molecule has 0 aliphatic carbocycles. The minimum absolute atomic E-state index is 0.682. The molecule has 0 saturated heterocycles. The Hall–Kier alpha value is -3.70. The van der Waals surface area contributed by atoms with Crippen molar-refractivity contribution in [2.45, 2.75) is 13.3 Å². The number of hydrogen-bond donors (Lipinski definition) is 0. The summed E-state index contributed by atoms with van der Waals surface area (Å²) in [5.41, 5.74) is 3.84. The van der Waals surface area contributed by atoms with Crippen LogP contribution in [0.4, 0.5) is 0 Å². The first-order valence-corrected chi connectivity index (χ1v) is 12.4. The van der Waals surface area contributed by atoms with Gasteiger partial charge in [0.2, 0.25) is 0 Å². The molecule has 36 heavy (non-hydrogen) atoms. The zero-order chi connectivity index (χ0) is 25.6. The Labute approximate surface area is 216 Å². The van der Waals surface area contributed by atoms with Crippen molar-refractivity contribution in [2.75, 3.05) is 54.0 Å². The van der Waals surface area contributed by atoms with E-state index in [1.807, 2.05) is 72.8 Å². The summed E-state index contributed by atoms with van der Waals surface area (Å²) in [5.74, 6) is 14.6. The van der Waals surface area contributed by atoms with E-state index in [0.29, 0.717) is 6.61 Å². The van der Waals surface area contributed by atoms with E-state index in [4.69, 9.17) is 9.47 Å². The minimum Gasteiger partial charge on any atom is -0.494 e. The molecule has 0 heterocycles. The molecule has 0 spiro atoms. The first-order valence-electron chi connectivity index (χ1n) is 12.4. The minimum atomic E-state index is 0.682. The fourth-order valence-electron chi connectivity index (χ4n) is 3.24. The van der Waals surface area contributed by atoms with Gasteiger partial charge in [-0.2, -0.15) is 0 Å². The van der Waals surface area contributed by atoms with Crippen LogP contribution in [-0.2, 0) is 0 Å². The molecule has 0 radical (unpaired) electrons. The summed E-state index contributed by atoms with van der Waals surface area (Å²) in [5, 5.41) is 0. The van der Waals surface area contributed by atoms with E-state index in [9.17, 15) is 0 Å². The lowest BCUT2D eigenvalue weighted by molar-refractivity contribution is 0.244. The van der Waals surface area contributed by atoms with Crippen molar-refractivity contribution >= 4 is 0 Å². The van der Waals surface area contributed by atoms with Crippen molar-refractivity contribution in [3.8, 4) is 35.2 Å². The van der Waals surface area contributed by atoms with Crippen LogP contribution in [-0.4, -0.2) is 63.8 Å². The summed E-state index contributed by atoms with van der Waals surface area (Å²) in [4.78, 5) is 4.38. The molecule has 3 aromatic rings. The molecule has 0 unspecified atom stereocenters. The zero-order valence-corrected chi connectivity index (χ0v) is 21.9. The van der Waals surface area contributed by atoms with E-state index in [1.54, 1.807) is 0 Å². The summed E-state index contributed by atoms with van der Waals surface area (Å²) in [6.07, 6.45) is 1.01. The third-order valence-electron chi connectivity index (χ3n) is 5.60. The van der Waals surface area contributed by atoms with Crippen LogP contribution in [0.2, 0.25) is 0 Å². The lowest BCUT2D eigenvalue weighted by Crippen LogP contribution is -2.23. The van der Waals surface area contributed by atoms with Gasteiger partial charge in [0.15, 0.2) is 0 Å². The maximum absolute atomic E-state index is 5.79. The number of hydrogen-bond acceptors (Lipinski definition) is 4. The van der Waals surface area contributed by atoms with E-state index >= 15 is 0 Å². The van der Waals surface area contributed by atoms with Crippen molar-refractivity contribution in [1.29, 1.82) is 0 Å². The first kappa shape index (κ1) is 26.9. The lowest BCUT2D eigenvalue weighted by Gasteiger charge is -2.14. The summed E-state index contributed by atoms with van der Waals surface area (Å²) in [6, 6.07) is 23.9. The maximum atomic E-state index is 5.79. The monoisotopic (exact) mass is 480 g/mol. The quantitative estimate of drug-likeness (QED) is 0.296. The SMILES string of the molecule is CCN(C)CCOc1ccc(C#Cc2ccc(C#Cc3ccc(OCCCN(C)C)cc3)cc2)cc1. The summed E-state index contributed by atoms with van der Waals surface area (Å²) >= 11 is 0. The Morgan fingerprint density at radius 1 is 0.556 bits per heavy atom. The van der Waals surface area contributed by atoms with Crippen LogP contribution >= 0.6 is 0 Å². The van der Waals surface area contributed by atoms with Gasteiger partial charge in [-0.15, -0.1) is 0 Å². The highest BCUT2D eigenvalue weighted by atomic mass is 16.5. The largest absolute Gasteiger partial charge is 0.494 e. The number of likely N-dealkylation sites (N-methyl/N-ethyl adjacent to an activating group) is 1. The predicted molar refractivity (Wildman–Crippen MR) is 149 cm³/mol. The molecule has 4 heteroatoms. The first-order chi connectivity index (χ1) is 17.5. The Morgan fingerprint density at radius 3 is 1.33 bits per heavy atom. The van der Waals surface area contributed by atoms with Crippen molar-refractivity contribution in [1.82, 2.24) is 9.80 Å². The number of rotatable bonds is 10. The van der Waals surface area contributed by atoms with Gasteiger partial charge in [-0.3, -0.25) is 0 Å². The molecule has 0 atom stereocenters. The summed E-state index contributed by atoms with van der Waals surface area (Å²) < 4.78 is 11.6. The molecule has 3 rings (SSSR count). The Bertz CT molecular complexity index is 1180. The van der Waals surface area contributed by atoms with Gasteiger partial charge in [0, 0.05) is 35.3 Å². The van der Waals surface area contributed by atoms with Gasteiger partial charge in [-0.25, -0.2) is 0 Å². The fraction of sp³-hybridized carbons (Fsp3) is 0.312. The van der Waals surface area contributed by atoms with E-state index in [0.717, 1.165) is 66.4 Å². The van der Waals surface area contributed by atoms with E-state index in [1.165, 1.54) is 0 Å². The zero-order valence-electron chi connectivity index (χ0n) is 21.9. The highest BCUT2D eigenvalue weighted by molar-refractivity contribution is 5.48. The third kappa shape index (κ3) is 9.88. The maximum Gasteiger partial charge on any atom is 0.119 e. The number of nitrogens with zero attached hydrogens (tertiary/aromatic N) is 2. The molecule has 0 aliphatic rings. The molecule has 0 saturated carbocycles. The number of ether oxygens (including phenoxy) is 2.